The Morgan fingerprint density at radius 1 is 1.17 bits per heavy atom. The molecule has 0 radical (unpaired) electrons. The van der Waals surface area contributed by atoms with E-state index in [1.54, 1.807) is 0 Å². The normalized spacial score (nSPS) is 16.2. The second-order valence-corrected chi connectivity index (χ2v) is 9.03. The highest BCUT2D eigenvalue weighted by molar-refractivity contribution is 7.89. The van der Waals surface area contributed by atoms with Gasteiger partial charge in [0.15, 0.2) is 0 Å². The average molecular weight is 427 g/mol. The maximum atomic E-state index is 12.7. The summed E-state index contributed by atoms with van der Waals surface area (Å²) in [6, 6.07) is 14.8. The van der Waals surface area contributed by atoms with Crippen LogP contribution < -0.4 is 10.6 Å². The van der Waals surface area contributed by atoms with Crippen LogP contribution in [0.3, 0.4) is 0 Å². The predicted octanol–water partition coefficient (Wildman–Crippen LogP) is 2.04. The van der Waals surface area contributed by atoms with Gasteiger partial charge in [-0.15, -0.1) is 0 Å². The minimum Gasteiger partial charge on any atom is -0.459 e. The van der Waals surface area contributed by atoms with E-state index < -0.39 is 10.0 Å². The van der Waals surface area contributed by atoms with Crippen molar-refractivity contribution in [3.63, 3.8) is 0 Å². The summed E-state index contributed by atoms with van der Waals surface area (Å²) in [5.74, 6) is -0.0447. The largest absolute Gasteiger partial charge is 0.459 e. The molecule has 1 saturated heterocycles. The SMILES string of the molecule is CC(NC(=O)c1ccc(S(=O)(=O)N2CCNC(=O)C2)cc1)c1cc2ccccc2o1. The van der Waals surface area contributed by atoms with Crippen LogP contribution in [0.2, 0.25) is 0 Å². The van der Waals surface area contributed by atoms with E-state index in [4.69, 9.17) is 4.42 Å². The lowest BCUT2D eigenvalue weighted by atomic mass is 10.1. The monoisotopic (exact) mass is 427 g/mol. The fraction of sp³-hybridized carbons (Fsp3) is 0.238. The van der Waals surface area contributed by atoms with Crippen molar-refractivity contribution in [1.29, 1.82) is 0 Å². The van der Waals surface area contributed by atoms with E-state index in [1.165, 1.54) is 24.3 Å². The zero-order chi connectivity index (χ0) is 21.3. The average Bonchev–Trinajstić information content (AvgIpc) is 3.18. The standard InChI is InChI=1S/C21H21N3O5S/c1-14(19-12-16-4-2-3-5-18(16)29-19)23-21(26)15-6-8-17(9-7-15)30(27,28)24-11-10-22-20(25)13-24/h2-9,12,14H,10-11,13H2,1H3,(H,22,25)(H,23,26). The molecule has 30 heavy (non-hydrogen) atoms. The van der Waals surface area contributed by atoms with Gasteiger partial charge in [0.2, 0.25) is 15.9 Å². The quantitative estimate of drug-likeness (QED) is 0.648. The third-order valence-electron chi connectivity index (χ3n) is 4.98. The van der Waals surface area contributed by atoms with Gasteiger partial charge in [0.05, 0.1) is 17.5 Å². The Hall–Kier alpha value is -3.17. The van der Waals surface area contributed by atoms with Gasteiger partial charge in [-0.25, -0.2) is 8.42 Å². The number of hydrogen-bond acceptors (Lipinski definition) is 5. The van der Waals surface area contributed by atoms with Crippen LogP contribution in [-0.4, -0.2) is 44.2 Å². The number of piperazine rings is 1. The van der Waals surface area contributed by atoms with E-state index in [0.29, 0.717) is 11.3 Å². The lowest BCUT2D eigenvalue weighted by Crippen LogP contribution is -2.49. The molecule has 2 amide bonds. The number of furan rings is 1. The van der Waals surface area contributed by atoms with E-state index >= 15 is 0 Å². The first kappa shape index (κ1) is 20.1. The maximum Gasteiger partial charge on any atom is 0.251 e. The van der Waals surface area contributed by atoms with E-state index in [0.717, 1.165) is 15.3 Å². The van der Waals surface area contributed by atoms with Crippen LogP contribution in [0.1, 0.15) is 29.1 Å². The molecule has 0 aliphatic carbocycles. The third kappa shape index (κ3) is 3.94. The second kappa shape index (κ2) is 7.92. The third-order valence-corrected chi connectivity index (χ3v) is 6.84. The molecule has 3 aromatic rings. The van der Waals surface area contributed by atoms with Crippen molar-refractivity contribution in [1.82, 2.24) is 14.9 Å². The number of sulfonamides is 1. The van der Waals surface area contributed by atoms with Gasteiger partial charge in [0.25, 0.3) is 5.91 Å². The topological polar surface area (TPSA) is 109 Å². The fourth-order valence-corrected chi connectivity index (χ4v) is 4.71. The molecule has 2 N–H and O–H groups in total. The predicted molar refractivity (Wildman–Crippen MR) is 110 cm³/mol. The number of benzene rings is 2. The molecule has 1 unspecified atom stereocenters. The van der Waals surface area contributed by atoms with Crippen molar-refractivity contribution in [3.8, 4) is 0 Å². The molecule has 2 aromatic carbocycles. The fourth-order valence-electron chi connectivity index (χ4n) is 3.31. The molecule has 1 aliphatic heterocycles. The molecule has 0 spiro atoms. The summed E-state index contributed by atoms with van der Waals surface area (Å²) in [6.07, 6.45) is 0. The van der Waals surface area contributed by atoms with E-state index in [-0.39, 0.29) is 42.4 Å². The molecule has 156 valence electrons. The minimum atomic E-state index is -3.79. The van der Waals surface area contributed by atoms with Crippen LogP contribution >= 0.6 is 0 Å². The van der Waals surface area contributed by atoms with Crippen molar-refractivity contribution in [3.05, 3.63) is 65.9 Å². The van der Waals surface area contributed by atoms with E-state index in [9.17, 15) is 18.0 Å². The molecule has 1 fully saturated rings. The van der Waals surface area contributed by atoms with Gasteiger partial charge < -0.3 is 15.1 Å². The van der Waals surface area contributed by atoms with Gasteiger partial charge >= 0.3 is 0 Å². The molecule has 1 aromatic heterocycles. The number of hydrogen-bond donors (Lipinski definition) is 2. The zero-order valence-electron chi connectivity index (χ0n) is 16.3. The Labute approximate surface area is 173 Å². The lowest BCUT2D eigenvalue weighted by molar-refractivity contribution is -0.122. The first-order valence-electron chi connectivity index (χ1n) is 9.51. The molecule has 1 aliphatic rings. The van der Waals surface area contributed by atoms with Crippen LogP contribution in [-0.2, 0) is 14.8 Å². The van der Waals surface area contributed by atoms with Crippen LogP contribution in [0, 0.1) is 0 Å². The van der Waals surface area contributed by atoms with E-state index in [1.807, 2.05) is 37.3 Å². The van der Waals surface area contributed by atoms with E-state index in [2.05, 4.69) is 10.6 Å². The number of rotatable bonds is 5. The minimum absolute atomic E-state index is 0.0408. The number of nitrogens with zero attached hydrogens (tertiary/aromatic N) is 1. The summed E-state index contributed by atoms with van der Waals surface area (Å²) < 4.78 is 32.3. The number of carbonyl (C=O) groups excluding carboxylic acids is 2. The number of amides is 2. The highest BCUT2D eigenvalue weighted by Crippen LogP contribution is 2.24. The Bertz CT molecular complexity index is 1170. The molecule has 2 heterocycles. The van der Waals surface area contributed by atoms with Crippen LogP contribution in [0.4, 0.5) is 0 Å². The Morgan fingerprint density at radius 3 is 2.60 bits per heavy atom. The molecule has 1 atom stereocenters. The summed E-state index contributed by atoms with van der Waals surface area (Å²) in [7, 11) is -3.79. The van der Waals surface area contributed by atoms with Gasteiger partial charge in [-0.2, -0.15) is 4.31 Å². The van der Waals surface area contributed by atoms with Crippen molar-refractivity contribution < 1.29 is 22.4 Å². The second-order valence-electron chi connectivity index (χ2n) is 7.09. The summed E-state index contributed by atoms with van der Waals surface area (Å²) in [6.45, 7) is 2.10. The van der Waals surface area contributed by atoms with Crippen molar-refractivity contribution in [2.45, 2.75) is 17.9 Å². The molecule has 4 rings (SSSR count). The first-order valence-corrected chi connectivity index (χ1v) is 10.9. The Balaban J connectivity index is 1.46. The summed E-state index contributed by atoms with van der Waals surface area (Å²) >= 11 is 0. The molecular weight excluding hydrogens is 406 g/mol. The van der Waals surface area contributed by atoms with Gasteiger partial charge in [0.1, 0.15) is 11.3 Å². The molecule has 8 nitrogen and oxygen atoms in total. The van der Waals surface area contributed by atoms with Crippen molar-refractivity contribution in [2.24, 2.45) is 0 Å². The zero-order valence-corrected chi connectivity index (χ0v) is 17.1. The lowest BCUT2D eigenvalue weighted by Gasteiger charge is -2.25. The van der Waals surface area contributed by atoms with Gasteiger partial charge in [0, 0.05) is 24.0 Å². The van der Waals surface area contributed by atoms with Crippen LogP contribution in [0.5, 0.6) is 0 Å². The van der Waals surface area contributed by atoms with Crippen LogP contribution in [0.25, 0.3) is 11.0 Å². The maximum absolute atomic E-state index is 12.7. The van der Waals surface area contributed by atoms with Gasteiger partial charge in [-0.1, -0.05) is 18.2 Å². The van der Waals surface area contributed by atoms with Gasteiger partial charge in [-0.05, 0) is 43.3 Å². The van der Waals surface area contributed by atoms with Crippen LogP contribution in [0.15, 0.2) is 63.9 Å². The summed E-state index contributed by atoms with van der Waals surface area (Å²) in [4.78, 5) is 24.1. The summed E-state index contributed by atoms with van der Waals surface area (Å²) in [5, 5.41) is 6.40. The molecule has 0 bridgehead atoms. The van der Waals surface area contributed by atoms with Crippen molar-refractivity contribution in [2.75, 3.05) is 19.6 Å². The summed E-state index contributed by atoms with van der Waals surface area (Å²) in [5.41, 5.74) is 1.07. The van der Waals surface area contributed by atoms with Crippen molar-refractivity contribution >= 4 is 32.8 Å². The number of fused-ring (bicyclic) bond motifs is 1. The molecule has 9 heteroatoms. The number of carbonyl (C=O) groups is 2. The highest BCUT2D eigenvalue weighted by atomic mass is 32.2. The number of nitrogens with one attached hydrogen (secondary N) is 2. The molecule has 0 saturated carbocycles. The molecular formula is C21H21N3O5S. The Kier molecular flexibility index (Phi) is 5.31. The first-order chi connectivity index (χ1) is 14.3. The Morgan fingerprint density at radius 2 is 1.90 bits per heavy atom. The van der Waals surface area contributed by atoms with Gasteiger partial charge in [-0.3, -0.25) is 9.59 Å². The highest BCUT2D eigenvalue weighted by Gasteiger charge is 2.29. The number of para-hydroxylation sites is 1. The smallest absolute Gasteiger partial charge is 0.251 e.